The van der Waals surface area contributed by atoms with Gasteiger partial charge in [-0.3, -0.25) is 4.79 Å². The van der Waals surface area contributed by atoms with Gasteiger partial charge in [-0.2, -0.15) is 0 Å². The highest BCUT2D eigenvalue weighted by Gasteiger charge is 2.29. The largest absolute Gasteiger partial charge is 0.497 e. The average molecular weight is 257 g/mol. The second kappa shape index (κ2) is 5.89. The lowest BCUT2D eigenvalue weighted by Gasteiger charge is -2.17. The van der Waals surface area contributed by atoms with Crippen LogP contribution in [-0.4, -0.2) is 26.1 Å². The van der Waals surface area contributed by atoms with Crippen LogP contribution in [0.5, 0.6) is 5.75 Å². The maximum Gasteiger partial charge on any atom is 0.227 e. The molecule has 1 aromatic rings. The molecule has 0 saturated carbocycles. The maximum absolute atomic E-state index is 11.8. The van der Waals surface area contributed by atoms with Crippen molar-refractivity contribution in [2.24, 2.45) is 11.7 Å². The zero-order valence-electron chi connectivity index (χ0n) is 9.76. The predicted octanol–water partition coefficient (Wildman–Crippen LogP) is 1.43. The van der Waals surface area contributed by atoms with Crippen molar-refractivity contribution < 1.29 is 9.53 Å². The molecule has 1 atom stereocenters. The molecule has 1 saturated heterocycles. The van der Waals surface area contributed by atoms with Gasteiger partial charge in [0.05, 0.1) is 7.11 Å². The Morgan fingerprint density at radius 3 is 2.88 bits per heavy atom. The lowest BCUT2D eigenvalue weighted by Crippen LogP contribution is -2.25. The Labute approximate surface area is 107 Å². The first kappa shape index (κ1) is 13.8. The fourth-order valence-electron chi connectivity index (χ4n) is 1.97. The number of benzene rings is 1. The summed E-state index contributed by atoms with van der Waals surface area (Å²) in [5.74, 6) is 1.18. The van der Waals surface area contributed by atoms with E-state index in [-0.39, 0.29) is 24.2 Å². The van der Waals surface area contributed by atoms with Gasteiger partial charge < -0.3 is 15.4 Å². The third-order valence-corrected chi connectivity index (χ3v) is 2.90. The molecule has 2 N–H and O–H groups in total. The molecule has 2 rings (SSSR count). The summed E-state index contributed by atoms with van der Waals surface area (Å²) in [6, 6.07) is 7.54. The molecule has 1 amide bonds. The first-order valence-corrected chi connectivity index (χ1v) is 5.39. The summed E-state index contributed by atoms with van der Waals surface area (Å²) in [7, 11) is 1.62. The van der Waals surface area contributed by atoms with E-state index >= 15 is 0 Å². The van der Waals surface area contributed by atoms with E-state index in [1.54, 1.807) is 12.0 Å². The number of carbonyl (C=O) groups excluding carboxylic acids is 1. The summed E-state index contributed by atoms with van der Waals surface area (Å²) in [5, 5.41) is 0. The molecule has 94 valence electrons. The first-order chi connectivity index (χ1) is 7.74. The Morgan fingerprint density at radius 1 is 1.53 bits per heavy atom. The lowest BCUT2D eigenvalue weighted by atomic mass is 10.1. The molecule has 1 aromatic carbocycles. The second-order valence-corrected chi connectivity index (χ2v) is 4.01. The number of hydrogen-bond donors (Lipinski definition) is 1. The van der Waals surface area contributed by atoms with Gasteiger partial charge in [0.1, 0.15) is 5.75 Å². The third kappa shape index (κ3) is 2.90. The van der Waals surface area contributed by atoms with Crippen LogP contribution < -0.4 is 15.4 Å². The number of rotatable bonds is 3. The number of halogens is 1. The van der Waals surface area contributed by atoms with Crippen LogP contribution in [0.3, 0.4) is 0 Å². The Balaban J connectivity index is 0.00000144. The average Bonchev–Trinajstić information content (AvgIpc) is 2.71. The minimum absolute atomic E-state index is 0. The van der Waals surface area contributed by atoms with Crippen molar-refractivity contribution in [2.45, 2.75) is 6.42 Å². The molecular weight excluding hydrogens is 240 g/mol. The van der Waals surface area contributed by atoms with Gasteiger partial charge in [0.2, 0.25) is 5.91 Å². The Kier molecular flexibility index (Phi) is 4.78. The van der Waals surface area contributed by atoms with Gasteiger partial charge in [-0.05, 0) is 24.6 Å². The van der Waals surface area contributed by atoms with E-state index in [0.29, 0.717) is 19.5 Å². The molecule has 0 aromatic heterocycles. The number of carbonyl (C=O) groups is 1. The zero-order valence-corrected chi connectivity index (χ0v) is 10.6. The van der Waals surface area contributed by atoms with E-state index in [9.17, 15) is 4.79 Å². The molecule has 1 heterocycles. The molecule has 0 bridgehead atoms. The highest BCUT2D eigenvalue weighted by molar-refractivity contribution is 5.95. The summed E-state index contributed by atoms with van der Waals surface area (Å²) in [6.45, 7) is 1.27. The molecule has 1 aliphatic heterocycles. The number of nitrogens with two attached hydrogens (primary N) is 1. The molecule has 1 unspecified atom stereocenters. The van der Waals surface area contributed by atoms with E-state index in [4.69, 9.17) is 10.5 Å². The van der Waals surface area contributed by atoms with Crippen LogP contribution >= 0.6 is 12.4 Å². The number of hydrogen-bond acceptors (Lipinski definition) is 3. The quantitative estimate of drug-likeness (QED) is 0.890. The molecule has 5 heteroatoms. The number of nitrogens with zero attached hydrogens (tertiary/aromatic N) is 1. The number of ether oxygens (including phenoxy) is 1. The van der Waals surface area contributed by atoms with Crippen LogP contribution in [0.25, 0.3) is 0 Å². The van der Waals surface area contributed by atoms with Gasteiger partial charge in [0.15, 0.2) is 0 Å². The normalized spacial score (nSPS) is 19.1. The molecule has 0 radical (unpaired) electrons. The summed E-state index contributed by atoms with van der Waals surface area (Å²) in [6.07, 6.45) is 0.549. The van der Waals surface area contributed by atoms with Crippen molar-refractivity contribution in [1.82, 2.24) is 0 Å². The monoisotopic (exact) mass is 256 g/mol. The topological polar surface area (TPSA) is 55.6 Å². The van der Waals surface area contributed by atoms with Gasteiger partial charge in [0.25, 0.3) is 0 Å². The summed E-state index contributed by atoms with van der Waals surface area (Å²) in [4.78, 5) is 13.6. The third-order valence-electron chi connectivity index (χ3n) is 2.90. The van der Waals surface area contributed by atoms with E-state index in [0.717, 1.165) is 11.4 Å². The molecule has 1 fully saturated rings. The Hall–Kier alpha value is -1.26. The lowest BCUT2D eigenvalue weighted by molar-refractivity contribution is -0.117. The van der Waals surface area contributed by atoms with Crippen LogP contribution in [-0.2, 0) is 4.79 Å². The van der Waals surface area contributed by atoms with Gasteiger partial charge in [0, 0.05) is 24.7 Å². The highest BCUT2D eigenvalue weighted by Crippen LogP contribution is 2.27. The number of amides is 1. The Bertz CT molecular complexity index is 398. The van der Waals surface area contributed by atoms with Crippen LogP contribution in [0, 0.1) is 5.92 Å². The van der Waals surface area contributed by atoms with Gasteiger partial charge in [-0.1, -0.05) is 6.07 Å². The minimum atomic E-state index is 0. The standard InChI is InChI=1S/C12H16N2O2.ClH/c1-16-11-4-2-3-10(6-11)14-8-9(7-13)5-12(14)15;/h2-4,6,9H,5,7-8,13H2,1H3;1H. The van der Waals surface area contributed by atoms with Crippen LogP contribution in [0.15, 0.2) is 24.3 Å². The van der Waals surface area contributed by atoms with Crippen LogP contribution in [0.1, 0.15) is 6.42 Å². The van der Waals surface area contributed by atoms with E-state index in [1.807, 2.05) is 24.3 Å². The van der Waals surface area contributed by atoms with E-state index in [1.165, 1.54) is 0 Å². The van der Waals surface area contributed by atoms with Gasteiger partial charge in [-0.15, -0.1) is 12.4 Å². The van der Waals surface area contributed by atoms with Crippen molar-refractivity contribution in [3.63, 3.8) is 0 Å². The molecule has 4 nitrogen and oxygen atoms in total. The zero-order chi connectivity index (χ0) is 11.5. The number of methoxy groups -OCH3 is 1. The Morgan fingerprint density at radius 2 is 2.29 bits per heavy atom. The summed E-state index contributed by atoms with van der Waals surface area (Å²) >= 11 is 0. The van der Waals surface area contributed by atoms with Crippen LogP contribution in [0.2, 0.25) is 0 Å². The minimum Gasteiger partial charge on any atom is -0.497 e. The van der Waals surface area contributed by atoms with E-state index < -0.39 is 0 Å². The fourth-order valence-corrected chi connectivity index (χ4v) is 1.97. The molecular formula is C12H17ClN2O2. The van der Waals surface area contributed by atoms with Crippen molar-refractivity contribution >= 4 is 24.0 Å². The van der Waals surface area contributed by atoms with Crippen LogP contribution in [0.4, 0.5) is 5.69 Å². The maximum atomic E-state index is 11.8. The number of anilines is 1. The van der Waals surface area contributed by atoms with E-state index in [2.05, 4.69) is 0 Å². The first-order valence-electron chi connectivity index (χ1n) is 5.39. The fraction of sp³-hybridized carbons (Fsp3) is 0.417. The smallest absolute Gasteiger partial charge is 0.227 e. The summed E-state index contributed by atoms with van der Waals surface area (Å²) < 4.78 is 5.14. The van der Waals surface area contributed by atoms with Crippen molar-refractivity contribution in [3.8, 4) is 5.75 Å². The molecule has 0 aliphatic carbocycles. The van der Waals surface area contributed by atoms with Crippen molar-refractivity contribution in [1.29, 1.82) is 0 Å². The summed E-state index contributed by atoms with van der Waals surface area (Å²) in [5.41, 5.74) is 6.48. The SMILES string of the molecule is COc1cccc(N2CC(CN)CC2=O)c1.Cl. The van der Waals surface area contributed by atoms with Crippen molar-refractivity contribution in [2.75, 3.05) is 25.1 Å². The molecule has 1 aliphatic rings. The predicted molar refractivity (Wildman–Crippen MR) is 69.8 cm³/mol. The van der Waals surface area contributed by atoms with Crippen molar-refractivity contribution in [3.05, 3.63) is 24.3 Å². The van der Waals surface area contributed by atoms with Gasteiger partial charge in [-0.25, -0.2) is 0 Å². The highest BCUT2D eigenvalue weighted by atomic mass is 35.5. The van der Waals surface area contributed by atoms with Gasteiger partial charge >= 0.3 is 0 Å². The molecule has 0 spiro atoms. The molecule has 17 heavy (non-hydrogen) atoms. The second-order valence-electron chi connectivity index (χ2n) is 4.01.